The van der Waals surface area contributed by atoms with E-state index in [-0.39, 0.29) is 6.10 Å². The molecule has 4 heterocycles. The third-order valence-corrected chi connectivity index (χ3v) is 7.24. The first-order chi connectivity index (χ1) is 15.0. The Bertz CT molecular complexity index is 1030. The van der Waals surface area contributed by atoms with Crippen LogP contribution in [0, 0.1) is 6.92 Å². The SMILES string of the molecule is Cc1nc2c(N[C@H]3CC[C@H](N4CCC(O)CC4)CC3)nc(Nc3cnn(C)c3)nc2s1. The van der Waals surface area contributed by atoms with Gasteiger partial charge in [-0.2, -0.15) is 15.1 Å². The monoisotopic (exact) mass is 442 g/mol. The molecular weight excluding hydrogens is 412 g/mol. The number of likely N-dealkylation sites (tertiary alicyclic amines) is 1. The van der Waals surface area contributed by atoms with Crippen molar-refractivity contribution in [1.82, 2.24) is 29.6 Å². The van der Waals surface area contributed by atoms with E-state index in [1.165, 1.54) is 12.8 Å². The van der Waals surface area contributed by atoms with E-state index in [9.17, 15) is 5.11 Å². The number of aryl methyl sites for hydroxylation is 2. The Morgan fingerprint density at radius 1 is 1.06 bits per heavy atom. The number of aromatic nitrogens is 5. The maximum Gasteiger partial charge on any atom is 0.230 e. The van der Waals surface area contributed by atoms with Gasteiger partial charge in [0.15, 0.2) is 10.6 Å². The normalized spacial score (nSPS) is 23.3. The van der Waals surface area contributed by atoms with E-state index >= 15 is 0 Å². The van der Waals surface area contributed by atoms with Gasteiger partial charge in [0, 0.05) is 38.4 Å². The lowest BCUT2D eigenvalue weighted by atomic mass is 9.89. The molecule has 0 aromatic carbocycles. The van der Waals surface area contributed by atoms with Gasteiger partial charge in [0.1, 0.15) is 5.52 Å². The van der Waals surface area contributed by atoms with Crippen molar-refractivity contribution in [3.63, 3.8) is 0 Å². The summed E-state index contributed by atoms with van der Waals surface area (Å²) in [7, 11) is 1.89. The first kappa shape index (κ1) is 20.6. The zero-order valence-electron chi connectivity index (χ0n) is 18.1. The van der Waals surface area contributed by atoms with E-state index in [1.807, 2.05) is 20.2 Å². The van der Waals surface area contributed by atoms with Gasteiger partial charge in [-0.05, 0) is 45.4 Å². The molecule has 1 aliphatic carbocycles. The topological polar surface area (TPSA) is 104 Å². The molecule has 2 aliphatic rings. The predicted molar refractivity (Wildman–Crippen MR) is 123 cm³/mol. The zero-order valence-corrected chi connectivity index (χ0v) is 18.9. The molecule has 9 nitrogen and oxygen atoms in total. The summed E-state index contributed by atoms with van der Waals surface area (Å²) in [6.07, 6.45) is 9.97. The molecule has 1 aliphatic heterocycles. The average molecular weight is 443 g/mol. The van der Waals surface area contributed by atoms with Gasteiger partial charge in [-0.3, -0.25) is 4.68 Å². The van der Waals surface area contributed by atoms with Crippen LogP contribution in [0.25, 0.3) is 10.3 Å². The molecule has 0 radical (unpaired) electrons. The summed E-state index contributed by atoms with van der Waals surface area (Å²) in [5.41, 5.74) is 1.72. The summed E-state index contributed by atoms with van der Waals surface area (Å²) < 4.78 is 1.75. The highest BCUT2D eigenvalue weighted by Gasteiger charge is 2.29. The highest BCUT2D eigenvalue weighted by atomic mass is 32.1. The highest BCUT2D eigenvalue weighted by molar-refractivity contribution is 7.18. The molecule has 3 N–H and O–H groups in total. The minimum atomic E-state index is -0.106. The van der Waals surface area contributed by atoms with Crippen LogP contribution in [0.5, 0.6) is 0 Å². The molecule has 0 amide bonds. The third-order valence-electron chi connectivity index (χ3n) is 6.38. The second-order valence-corrected chi connectivity index (χ2v) is 9.91. The van der Waals surface area contributed by atoms with Gasteiger partial charge >= 0.3 is 0 Å². The van der Waals surface area contributed by atoms with E-state index < -0.39 is 0 Å². The molecule has 1 saturated heterocycles. The van der Waals surface area contributed by atoms with Crippen molar-refractivity contribution in [2.75, 3.05) is 23.7 Å². The summed E-state index contributed by atoms with van der Waals surface area (Å²) in [6, 6.07) is 1.03. The van der Waals surface area contributed by atoms with E-state index in [4.69, 9.17) is 4.98 Å². The highest BCUT2D eigenvalue weighted by Crippen LogP contribution is 2.31. The number of nitrogens with zero attached hydrogens (tertiary/aromatic N) is 6. The fourth-order valence-corrected chi connectivity index (χ4v) is 5.52. The Morgan fingerprint density at radius 3 is 2.55 bits per heavy atom. The van der Waals surface area contributed by atoms with Crippen molar-refractivity contribution in [3.8, 4) is 0 Å². The number of aliphatic hydroxyl groups excluding tert-OH is 1. The second-order valence-electron chi connectivity index (χ2n) is 8.73. The molecule has 0 atom stereocenters. The fourth-order valence-electron chi connectivity index (χ4n) is 4.73. The lowest BCUT2D eigenvalue weighted by molar-refractivity contribution is 0.0495. The molecule has 0 unspecified atom stereocenters. The number of anilines is 3. The molecule has 31 heavy (non-hydrogen) atoms. The average Bonchev–Trinajstić information content (AvgIpc) is 3.34. The number of hydrogen-bond acceptors (Lipinski definition) is 9. The Balaban J connectivity index is 1.28. The molecule has 3 aromatic heterocycles. The standard InChI is InChI=1S/C21H30N8OS/c1-13-23-18-19(26-21(27-20(18)31-13)25-15-11-22-28(2)12-15)24-14-3-5-16(6-4-14)29-9-7-17(30)8-10-29/h11-12,14,16-17,30H,3-10H2,1-2H3,(H2,24,25,26,27)/t14-,16-. The van der Waals surface area contributed by atoms with Crippen LogP contribution in [0.3, 0.4) is 0 Å². The van der Waals surface area contributed by atoms with E-state index in [2.05, 4.69) is 30.6 Å². The molecule has 2 fully saturated rings. The Labute approximate surface area is 185 Å². The molecule has 1 saturated carbocycles. The number of fused-ring (bicyclic) bond motifs is 1. The summed E-state index contributed by atoms with van der Waals surface area (Å²) >= 11 is 1.59. The van der Waals surface area contributed by atoms with Crippen LogP contribution in [0.15, 0.2) is 12.4 Å². The molecule has 166 valence electrons. The first-order valence-electron chi connectivity index (χ1n) is 11.1. The van der Waals surface area contributed by atoms with Crippen LogP contribution < -0.4 is 10.6 Å². The van der Waals surface area contributed by atoms with Crippen LogP contribution in [-0.4, -0.2) is 66.0 Å². The number of nitrogens with one attached hydrogen (secondary N) is 2. The zero-order chi connectivity index (χ0) is 21.4. The Hall–Kier alpha value is -2.30. The van der Waals surface area contributed by atoms with Crippen molar-refractivity contribution in [1.29, 1.82) is 0 Å². The third kappa shape index (κ3) is 4.65. The smallest absolute Gasteiger partial charge is 0.230 e. The van der Waals surface area contributed by atoms with Gasteiger partial charge in [-0.15, -0.1) is 0 Å². The number of rotatable bonds is 5. The molecule has 3 aromatic rings. The lowest BCUT2D eigenvalue weighted by Crippen LogP contribution is -2.45. The van der Waals surface area contributed by atoms with Crippen molar-refractivity contribution < 1.29 is 5.11 Å². The van der Waals surface area contributed by atoms with Crippen molar-refractivity contribution in [2.45, 2.75) is 63.6 Å². The number of piperidine rings is 1. The maximum absolute atomic E-state index is 9.77. The molecule has 0 bridgehead atoms. The molecule has 0 spiro atoms. The van der Waals surface area contributed by atoms with Gasteiger partial charge < -0.3 is 20.6 Å². The van der Waals surface area contributed by atoms with Crippen molar-refractivity contribution >= 4 is 39.1 Å². The maximum atomic E-state index is 9.77. The molecular formula is C21H30N8OS. The van der Waals surface area contributed by atoms with Crippen LogP contribution in [-0.2, 0) is 7.05 Å². The van der Waals surface area contributed by atoms with Crippen LogP contribution >= 0.6 is 11.3 Å². The van der Waals surface area contributed by atoms with Crippen LogP contribution in [0.1, 0.15) is 43.5 Å². The number of hydrogen-bond donors (Lipinski definition) is 3. The van der Waals surface area contributed by atoms with Gasteiger partial charge in [-0.25, -0.2) is 4.98 Å². The minimum absolute atomic E-state index is 0.106. The summed E-state index contributed by atoms with van der Waals surface area (Å²) in [5.74, 6) is 1.37. The summed E-state index contributed by atoms with van der Waals surface area (Å²) in [6.45, 7) is 4.06. The Kier molecular flexibility index (Phi) is 5.77. The number of aliphatic hydroxyl groups is 1. The van der Waals surface area contributed by atoms with Gasteiger partial charge in [-0.1, -0.05) is 11.3 Å². The van der Waals surface area contributed by atoms with E-state index in [0.717, 1.165) is 65.6 Å². The quantitative estimate of drug-likeness (QED) is 0.554. The second kappa shape index (κ2) is 8.68. The van der Waals surface area contributed by atoms with Gasteiger partial charge in [0.25, 0.3) is 0 Å². The van der Waals surface area contributed by atoms with Gasteiger partial charge in [0.2, 0.25) is 5.95 Å². The predicted octanol–water partition coefficient (Wildman–Crippen LogP) is 3.05. The largest absolute Gasteiger partial charge is 0.393 e. The first-order valence-corrected chi connectivity index (χ1v) is 11.9. The molecule has 10 heteroatoms. The van der Waals surface area contributed by atoms with Crippen LogP contribution in [0.2, 0.25) is 0 Å². The lowest BCUT2D eigenvalue weighted by Gasteiger charge is -2.40. The van der Waals surface area contributed by atoms with E-state index in [0.29, 0.717) is 18.0 Å². The Morgan fingerprint density at radius 2 is 1.84 bits per heavy atom. The molecule has 5 rings (SSSR count). The summed E-state index contributed by atoms with van der Waals surface area (Å²) in [5, 5.41) is 21.9. The van der Waals surface area contributed by atoms with Gasteiger partial charge in [0.05, 0.1) is 23.0 Å². The number of thiazole rings is 1. The van der Waals surface area contributed by atoms with Crippen molar-refractivity contribution in [3.05, 3.63) is 17.4 Å². The fraction of sp³-hybridized carbons (Fsp3) is 0.619. The van der Waals surface area contributed by atoms with Crippen molar-refractivity contribution in [2.24, 2.45) is 7.05 Å². The van der Waals surface area contributed by atoms with Crippen LogP contribution in [0.4, 0.5) is 17.5 Å². The van der Waals surface area contributed by atoms with E-state index in [1.54, 1.807) is 22.2 Å². The minimum Gasteiger partial charge on any atom is -0.393 e. The summed E-state index contributed by atoms with van der Waals surface area (Å²) in [4.78, 5) is 17.6.